The summed E-state index contributed by atoms with van der Waals surface area (Å²) in [6, 6.07) is 8.26. The molecule has 6 nitrogen and oxygen atoms in total. The van der Waals surface area contributed by atoms with Gasteiger partial charge in [0.05, 0.1) is 17.2 Å². The van der Waals surface area contributed by atoms with Crippen LogP contribution in [-0.4, -0.2) is 40.4 Å². The molecule has 0 aliphatic carbocycles. The quantitative estimate of drug-likeness (QED) is 0.794. The second kappa shape index (κ2) is 8.22. The Hall–Kier alpha value is -2.25. The maximum atomic E-state index is 12.6. The van der Waals surface area contributed by atoms with E-state index in [4.69, 9.17) is 10.5 Å². The number of carbonyl (C=O) groups is 2. The highest BCUT2D eigenvalue weighted by Crippen LogP contribution is 2.20. The first-order chi connectivity index (χ1) is 12.1. The molecule has 1 fully saturated rings. The minimum atomic E-state index is -0.690. The van der Waals surface area contributed by atoms with Crippen LogP contribution in [0.25, 0.3) is 0 Å². The average molecular weight is 359 g/mol. The molecular weight excluding hydrogens is 338 g/mol. The monoisotopic (exact) mass is 359 g/mol. The van der Waals surface area contributed by atoms with Crippen molar-refractivity contribution in [1.29, 1.82) is 0 Å². The molecule has 2 heterocycles. The zero-order chi connectivity index (χ0) is 17.6. The lowest BCUT2D eigenvalue weighted by atomic mass is 10.1. The molecule has 2 N–H and O–H groups in total. The van der Waals surface area contributed by atoms with Crippen molar-refractivity contribution in [3.8, 4) is 0 Å². The van der Waals surface area contributed by atoms with E-state index in [1.54, 1.807) is 10.4 Å². The van der Waals surface area contributed by atoms with Crippen molar-refractivity contribution < 1.29 is 14.3 Å². The number of nitrogens with zero attached hydrogens (tertiary/aromatic N) is 2. The molecule has 2 atom stereocenters. The van der Waals surface area contributed by atoms with E-state index in [0.29, 0.717) is 19.4 Å². The fourth-order valence-electron chi connectivity index (χ4n) is 2.96. The van der Waals surface area contributed by atoms with E-state index >= 15 is 0 Å². The first-order valence-corrected chi connectivity index (χ1v) is 9.23. The number of amides is 1. The Labute approximate surface area is 150 Å². The standard InChI is InChI=1S/C18H21N3O3S/c19-15(9-14-11-25-12-20-14)17(22)21-8-4-7-16(21)18(23)24-10-13-5-2-1-3-6-13/h1-3,5-6,11-12,15-16H,4,7-10,19H2/t15-,16-/m0/s1. The van der Waals surface area contributed by atoms with Crippen LogP contribution in [0.15, 0.2) is 41.2 Å². The van der Waals surface area contributed by atoms with Crippen molar-refractivity contribution in [1.82, 2.24) is 9.88 Å². The van der Waals surface area contributed by atoms with E-state index in [2.05, 4.69) is 4.98 Å². The fraction of sp³-hybridized carbons (Fsp3) is 0.389. The zero-order valence-electron chi connectivity index (χ0n) is 13.8. The van der Waals surface area contributed by atoms with E-state index in [1.807, 2.05) is 35.7 Å². The van der Waals surface area contributed by atoms with Gasteiger partial charge in [0.2, 0.25) is 5.91 Å². The third kappa shape index (κ3) is 4.43. The van der Waals surface area contributed by atoms with Crippen LogP contribution in [0.3, 0.4) is 0 Å². The summed E-state index contributed by atoms with van der Waals surface area (Å²) < 4.78 is 5.39. The molecule has 1 aromatic carbocycles. The predicted molar refractivity (Wildman–Crippen MR) is 94.8 cm³/mol. The minimum Gasteiger partial charge on any atom is -0.459 e. The first-order valence-electron chi connectivity index (χ1n) is 8.29. The number of benzene rings is 1. The molecule has 1 saturated heterocycles. The minimum absolute atomic E-state index is 0.211. The summed E-state index contributed by atoms with van der Waals surface area (Å²) in [6.07, 6.45) is 1.77. The van der Waals surface area contributed by atoms with E-state index in [1.165, 1.54) is 11.3 Å². The van der Waals surface area contributed by atoms with Crippen molar-refractivity contribution in [2.24, 2.45) is 5.73 Å². The van der Waals surface area contributed by atoms with Gasteiger partial charge in [-0.15, -0.1) is 11.3 Å². The van der Waals surface area contributed by atoms with E-state index in [0.717, 1.165) is 17.7 Å². The number of nitrogens with two attached hydrogens (primary N) is 1. The van der Waals surface area contributed by atoms with Gasteiger partial charge < -0.3 is 15.4 Å². The molecule has 25 heavy (non-hydrogen) atoms. The van der Waals surface area contributed by atoms with Gasteiger partial charge in [0, 0.05) is 18.3 Å². The molecular formula is C18H21N3O3S. The van der Waals surface area contributed by atoms with Crippen molar-refractivity contribution >= 4 is 23.2 Å². The summed E-state index contributed by atoms with van der Waals surface area (Å²) in [5.41, 5.74) is 9.47. The number of esters is 1. The maximum Gasteiger partial charge on any atom is 0.329 e. The third-order valence-electron chi connectivity index (χ3n) is 4.26. The third-order valence-corrected chi connectivity index (χ3v) is 4.90. The van der Waals surface area contributed by atoms with Gasteiger partial charge in [-0.3, -0.25) is 4.79 Å². The summed E-state index contributed by atoms with van der Waals surface area (Å²) in [6.45, 7) is 0.748. The molecule has 2 aromatic rings. The number of likely N-dealkylation sites (tertiary alicyclic amines) is 1. The molecule has 1 aromatic heterocycles. The second-order valence-corrected chi connectivity index (χ2v) is 6.79. The van der Waals surface area contributed by atoms with Crippen LogP contribution in [0.4, 0.5) is 0 Å². The molecule has 0 radical (unpaired) electrons. The number of rotatable bonds is 6. The summed E-state index contributed by atoms with van der Waals surface area (Å²) in [7, 11) is 0. The topological polar surface area (TPSA) is 85.5 Å². The predicted octanol–water partition coefficient (Wildman–Crippen LogP) is 1.75. The molecule has 1 amide bonds. The van der Waals surface area contributed by atoms with Gasteiger partial charge in [-0.25, -0.2) is 9.78 Å². The van der Waals surface area contributed by atoms with E-state index < -0.39 is 12.1 Å². The van der Waals surface area contributed by atoms with Crippen molar-refractivity contribution in [3.63, 3.8) is 0 Å². The van der Waals surface area contributed by atoms with Gasteiger partial charge in [0.15, 0.2) is 0 Å². The number of hydrogen-bond donors (Lipinski definition) is 1. The summed E-state index contributed by atoms with van der Waals surface area (Å²) in [4.78, 5) is 30.8. The van der Waals surface area contributed by atoms with Gasteiger partial charge in [-0.2, -0.15) is 0 Å². The van der Waals surface area contributed by atoms with Crippen LogP contribution in [0, 0.1) is 0 Å². The Morgan fingerprint density at radius 1 is 1.36 bits per heavy atom. The van der Waals surface area contributed by atoms with Crippen molar-refractivity contribution in [2.75, 3.05) is 6.54 Å². The van der Waals surface area contributed by atoms with Gasteiger partial charge in [0.25, 0.3) is 0 Å². The zero-order valence-corrected chi connectivity index (χ0v) is 14.7. The van der Waals surface area contributed by atoms with Gasteiger partial charge in [-0.05, 0) is 18.4 Å². The molecule has 0 bridgehead atoms. The Morgan fingerprint density at radius 3 is 2.88 bits per heavy atom. The second-order valence-electron chi connectivity index (χ2n) is 6.07. The lowest BCUT2D eigenvalue weighted by Gasteiger charge is -2.26. The molecule has 7 heteroatoms. The van der Waals surface area contributed by atoms with Crippen LogP contribution >= 0.6 is 11.3 Å². The van der Waals surface area contributed by atoms with Crippen LogP contribution in [0.2, 0.25) is 0 Å². The highest BCUT2D eigenvalue weighted by atomic mass is 32.1. The first kappa shape index (κ1) is 17.6. The molecule has 0 saturated carbocycles. The Balaban J connectivity index is 1.57. The molecule has 3 rings (SSSR count). The fourth-order valence-corrected chi connectivity index (χ4v) is 3.54. The van der Waals surface area contributed by atoms with Gasteiger partial charge in [-0.1, -0.05) is 30.3 Å². The molecule has 1 aliphatic rings. The van der Waals surface area contributed by atoms with Crippen LogP contribution in [0.1, 0.15) is 24.1 Å². The van der Waals surface area contributed by atoms with Crippen LogP contribution < -0.4 is 5.73 Å². The van der Waals surface area contributed by atoms with Crippen molar-refractivity contribution in [3.05, 3.63) is 52.5 Å². The smallest absolute Gasteiger partial charge is 0.329 e. The lowest BCUT2D eigenvalue weighted by Crippen LogP contribution is -2.49. The molecule has 132 valence electrons. The van der Waals surface area contributed by atoms with E-state index in [-0.39, 0.29) is 18.5 Å². The number of ether oxygens (including phenoxy) is 1. The average Bonchev–Trinajstić information content (AvgIpc) is 3.31. The largest absolute Gasteiger partial charge is 0.459 e. The number of thiazole rings is 1. The van der Waals surface area contributed by atoms with Gasteiger partial charge >= 0.3 is 5.97 Å². The molecule has 0 unspecified atom stereocenters. The Bertz CT molecular complexity index is 706. The molecule has 1 aliphatic heterocycles. The lowest BCUT2D eigenvalue weighted by molar-refractivity contribution is -0.154. The SMILES string of the molecule is N[C@@H](Cc1cscn1)C(=O)N1CCC[C@H]1C(=O)OCc1ccccc1. The van der Waals surface area contributed by atoms with Crippen molar-refractivity contribution in [2.45, 2.75) is 38.0 Å². The van der Waals surface area contributed by atoms with Crippen LogP contribution in [0.5, 0.6) is 0 Å². The summed E-state index contributed by atoms with van der Waals surface area (Å²) in [5, 5.41) is 1.88. The van der Waals surface area contributed by atoms with Gasteiger partial charge in [0.1, 0.15) is 12.6 Å². The number of carbonyl (C=O) groups excluding carboxylic acids is 2. The normalized spacial score (nSPS) is 18.1. The Morgan fingerprint density at radius 2 is 2.16 bits per heavy atom. The highest BCUT2D eigenvalue weighted by Gasteiger charge is 2.37. The highest BCUT2D eigenvalue weighted by molar-refractivity contribution is 7.07. The van der Waals surface area contributed by atoms with Crippen LogP contribution in [-0.2, 0) is 27.4 Å². The summed E-state index contributed by atoms with van der Waals surface area (Å²) in [5.74, 6) is -0.581. The number of hydrogen-bond acceptors (Lipinski definition) is 6. The van der Waals surface area contributed by atoms with E-state index in [9.17, 15) is 9.59 Å². The summed E-state index contributed by atoms with van der Waals surface area (Å²) >= 11 is 1.47. The Kier molecular flexibility index (Phi) is 5.78. The number of aromatic nitrogens is 1. The molecule has 0 spiro atoms. The maximum absolute atomic E-state index is 12.6.